The maximum atomic E-state index is 12.2. The van der Waals surface area contributed by atoms with Gasteiger partial charge in [0, 0.05) is 12.2 Å². The smallest absolute Gasteiger partial charge is 0.323 e. The molecule has 1 aliphatic rings. The third-order valence-electron chi connectivity index (χ3n) is 3.03. The Morgan fingerprint density at radius 1 is 1.29 bits per heavy atom. The summed E-state index contributed by atoms with van der Waals surface area (Å²) >= 11 is 0. The number of carboxylic acid groups (broad SMARTS) is 1. The quantitative estimate of drug-likeness (QED) is 0.502. The number of carboxylic acids is 1. The zero-order valence-electron chi connectivity index (χ0n) is 10.9. The van der Waals surface area contributed by atoms with Gasteiger partial charge in [-0.25, -0.2) is 0 Å². The molecule has 4 N–H and O–H groups in total. The summed E-state index contributed by atoms with van der Waals surface area (Å²) < 4.78 is 0. The highest BCUT2D eigenvalue weighted by Crippen LogP contribution is 2.29. The van der Waals surface area contributed by atoms with Crippen molar-refractivity contribution in [3.8, 4) is 0 Å². The minimum Gasteiger partial charge on any atom is -0.480 e. The van der Waals surface area contributed by atoms with Gasteiger partial charge in [0.2, 0.25) is 0 Å². The normalized spacial score (nSPS) is 15.0. The number of fused-ring (bicyclic) bond motifs is 1. The van der Waals surface area contributed by atoms with Gasteiger partial charge in [-0.1, -0.05) is 6.07 Å². The topological polar surface area (TPSA) is 127 Å². The molecule has 0 aliphatic carbocycles. The minimum absolute atomic E-state index is 0.00659. The number of nitrogens with zero attached hydrogens (tertiary/aromatic N) is 1. The first-order valence-electron chi connectivity index (χ1n) is 6.19. The first-order chi connectivity index (χ1) is 9.95. The van der Waals surface area contributed by atoms with E-state index in [9.17, 15) is 19.5 Å². The summed E-state index contributed by atoms with van der Waals surface area (Å²) in [4.78, 5) is 35.5. The van der Waals surface area contributed by atoms with E-state index in [0.717, 1.165) is 0 Å². The van der Waals surface area contributed by atoms with Crippen molar-refractivity contribution in [3.05, 3.63) is 29.3 Å². The van der Waals surface area contributed by atoms with Crippen LogP contribution in [0.15, 0.2) is 18.2 Å². The van der Waals surface area contributed by atoms with Crippen molar-refractivity contribution < 1.29 is 29.7 Å². The Morgan fingerprint density at radius 3 is 2.62 bits per heavy atom. The number of imide groups is 1. The predicted octanol–water partition coefficient (Wildman–Crippen LogP) is -0.868. The van der Waals surface area contributed by atoms with Crippen molar-refractivity contribution >= 4 is 23.5 Å². The lowest BCUT2D eigenvalue weighted by Gasteiger charge is -2.13. The van der Waals surface area contributed by atoms with Crippen LogP contribution in [0.1, 0.15) is 20.7 Å². The summed E-state index contributed by atoms with van der Waals surface area (Å²) in [6, 6.07) is 4.52. The number of aliphatic hydroxyl groups is 2. The summed E-state index contributed by atoms with van der Waals surface area (Å²) in [7, 11) is 0. The third-order valence-corrected chi connectivity index (χ3v) is 3.03. The monoisotopic (exact) mass is 294 g/mol. The molecule has 1 aromatic carbocycles. The molecule has 1 aliphatic heterocycles. The van der Waals surface area contributed by atoms with E-state index in [4.69, 9.17) is 10.2 Å². The predicted molar refractivity (Wildman–Crippen MR) is 71.0 cm³/mol. The van der Waals surface area contributed by atoms with Crippen LogP contribution in [0.3, 0.4) is 0 Å². The average Bonchev–Trinajstić information content (AvgIpc) is 2.70. The number of aliphatic hydroxyl groups excluding tert-OH is 2. The molecule has 0 saturated carbocycles. The van der Waals surface area contributed by atoms with Gasteiger partial charge in [0.05, 0.1) is 23.8 Å². The van der Waals surface area contributed by atoms with Crippen LogP contribution in [0.4, 0.5) is 5.69 Å². The fraction of sp³-hybridized carbons (Fsp3) is 0.308. The average molecular weight is 294 g/mol. The minimum atomic E-state index is -1.28. The Morgan fingerprint density at radius 2 is 2.00 bits per heavy atom. The number of nitrogens with one attached hydrogen (secondary N) is 1. The van der Waals surface area contributed by atoms with Crippen LogP contribution in [-0.2, 0) is 4.79 Å². The second kappa shape index (κ2) is 5.90. The molecule has 0 bridgehead atoms. The second-order valence-electron chi connectivity index (χ2n) is 4.54. The lowest BCUT2D eigenvalue weighted by atomic mass is 10.1. The molecular weight excluding hydrogens is 280 g/mol. The van der Waals surface area contributed by atoms with E-state index >= 15 is 0 Å². The molecule has 1 heterocycles. The lowest BCUT2D eigenvalue weighted by Crippen LogP contribution is -2.34. The van der Waals surface area contributed by atoms with Crippen LogP contribution in [0.25, 0.3) is 0 Å². The van der Waals surface area contributed by atoms with E-state index in [2.05, 4.69) is 5.32 Å². The number of benzene rings is 1. The van der Waals surface area contributed by atoms with Crippen molar-refractivity contribution in [1.82, 2.24) is 4.90 Å². The zero-order chi connectivity index (χ0) is 15.6. The number of rotatable bonds is 6. The van der Waals surface area contributed by atoms with E-state index in [-0.39, 0.29) is 17.7 Å². The molecule has 112 valence electrons. The fourth-order valence-electron chi connectivity index (χ4n) is 2.05. The Hall–Kier alpha value is -2.45. The standard InChI is InChI=1S/C13H14N2O6/c16-6-7(17)4-14-9-3-1-2-8-11(9)13(21)15(12(8)20)5-10(18)19/h1-3,7,14,16-17H,4-6H2,(H,18,19). The molecule has 0 aromatic heterocycles. The molecular formula is C13H14N2O6. The molecule has 2 amide bonds. The van der Waals surface area contributed by atoms with Crippen LogP contribution < -0.4 is 5.32 Å². The molecule has 1 aromatic rings. The number of hydrogen-bond acceptors (Lipinski definition) is 6. The van der Waals surface area contributed by atoms with Crippen molar-refractivity contribution in [2.24, 2.45) is 0 Å². The van der Waals surface area contributed by atoms with Crippen LogP contribution in [-0.4, -0.2) is 63.8 Å². The highest BCUT2D eigenvalue weighted by atomic mass is 16.4. The first kappa shape index (κ1) is 14.9. The lowest BCUT2D eigenvalue weighted by molar-refractivity contribution is -0.137. The zero-order valence-corrected chi connectivity index (χ0v) is 10.9. The van der Waals surface area contributed by atoms with E-state index < -0.39 is 37.0 Å². The van der Waals surface area contributed by atoms with Crippen LogP contribution >= 0.6 is 0 Å². The number of carbonyl (C=O) groups is 3. The SMILES string of the molecule is O=C(O)CN1C(=O)c2cccc(NCC(O)CO)c2C1=O. The van der Waals surface area contributed by atoms with Gasteiger partial charge in [0.1, 0.15) is 6.54 Å². The molecule has 1 unspecified atom stereocenters. The number of hydrogen-bond donors (Lipinski definition) is 4. The largest absolute Gasteiger partial charge is 0.480 e. The summed E-state index contributed by atoms with van der Waals surface area (Å²) in [6.07, 6.45) is -1.01. The number of amides is 2. The molecule has 0 fully saturated rings. The third kappa shape index (κ3) is 2.86. The van der Waals surface area contributed by atoms with E-state index in [1.165, 1.54) is 6.07 Å². The number of carbonyl (C=O) groups excluding carboxylic acids is 2. The van der Waals surface area contributed by atoms with Crippen molar-refractivity contribution in [3.63, 3.8) is 0 Å². The van der Waals surface area contributed by atoms with Crippen molar-refractivity contribution in [2.75, 3.05) is 25.0 Å². The highest BCUT2D eigenvalue weighted by molar-refractivity contribution is 6.24. The number of anilines is 1. The van der Waals surface area contributed by atoms with Crippen LogP contribution in [0, 0.1) is 0 Å². The fourth-order valence-corrected chi connectivity index (χ4v) is 2.05. The maximum absolute atomic E-state index is 12.2. The van der Waals surface area contributed by atoms with Gasteiger partial charge in [-0.15, -0.1) is 0 Å². The van der Waals surface area contributed by atoms with Crippen LogP contribution in [0.5, 0.6) is 0 Å². The van der Waals surface area contributed by atoms with E-state index in [1.54, 1.807) is 12.1 Å². The van der Waals surface area contributed by atoms with Crippen molar-refractivity contribution in [1.29, 1.82) is 0 Å². The molecule has 2 rings (SSSR count). The van der Waals surface area contributed by atoms with Gasteiger partial charge in [0.25, 0.3) is 11.8 Å². The molecule has 8 nitrogen and oxygen atoms in total. The highest BCUT2D eigenvalue weighted by Gasteiger charge is 2.38. The van der Waals surface area contributed by atoms with Gasteiger partial charge in [-0.3, -0.25) is 19.3 Å². The molecule has 8 heteroatoms. The van der Waals surface area contributed by atoms with Gasteiger partial charge in [-0.05, 0) is 12.1 Å². The Bertz CT molecular complexity index is 600. The van der Waals surface area contributed by atoms with E-state index in [0.29, 0.717) is 10.6 Å². The summed E-state index contributed by atoms with van der Waals surface area (Å²) in [5.74, 6) is -2.64. The first-order valence-corrected chi connectivity index (χ1v) is 6.19. The summed E-state index contributed by atoms with van der Waals surface area (Å²) in [6.45, 7) is -1.15. The molecule has 1 atom stereocenters. The Balaban J connectivity index is 2.29. The van der Waals surface area contributed by atoms with Gasteiger partial charge in [-0.2, -0.15) is 0 Å². The molecule has 21 heavy (non-hydrogen) atoms. The number of aliphatic carboxylic acids is 1. The van der Waals surface area contributed by atoms with Crippen molar-refractivity contribution in [2.45, 2.75) is 6.10 Å². The second-order valence-corrected chi connectivity index (χ2v) is 4.54. The molecule has 0 saturated heterocycles. The Kier molecular flexibility index (Phi) is 4.20. The molecule has 0 spiro atoms. The van der Waals surface area contributed by atoms with E-state index in [1.807, 2.05) is 0 Å². The Labute approximate surface area is 119 Å². The van der Waals surface area contributed by atoms with Gasteiger partial charge in [0.15, 0.2) is 0 Å². The summed E-state index contributed by atoms with van der Waals surface area (Å²) in [5.41, 5.74) is 0.505. The van der Waals surface area contributed by atoms with Gasteiger partial charge >= 0.3 is 5.97 Å². The summed E-state index contributed by atoms with van der Waals surface area (Å²) in [5, 5.41) is 29.6. The van der Waals surface area contributed by atoms with Gasteiger partial charge < -0.3 is 20.6 Å². The maximum Gasteiger partial charge on any atom is 0.323 e. The molecule has 0 radical (unpaired) electrons. The van der Waals surface area contributed by atoms with Crippen LogP contribution in [0.2, 0.25) is 0 Å².